The Morgan fingerprint density at radius 2 is 2.39 bits per heavy atom. The average Bonchev–Trinajstić information content (AvgIpc) is 2.43. The zero-order valence-corrected chi connectivity index (χ0v) is 11.7. The summed E-state index contributed by atoms with van der Waals surface area (Å²) in [6.45, 7) is 2.12. The van der Waals surface area contributed by atoms with Gasteiger partial charge in [0.2, 0.25) is 5.95 Å². The van der Waals surface area contributed by atoms with Crippen LogP contribution < -0.4 is 10.6 Å². The Labute approximate surface area is 111 Å². The number of amidine groups is 1. The van der Waals surface area contributed by atoms with E-state index >= 15 is 0 Å². The minimum atomic E-state index is -0.0104. The van der Waals surface area contributed by atoms with Crippen LogP contribution in [0.4, 0.5) is 5.95 Å². The molecule has 6 nitrogen and oxygen atoms in total. The molecule has 0 saturated heterocycles. The Balaban J connectivity index is 2.82. The van der Waals surface area contributed by atoms with Crippen molar-refractivity contribution in [2.75, 3.05) is 24.0 Å². The molecule has 0 fully saturated rings. The second kappa shape index (κ2) is 7.05. The van der Waals surface area contributed by atoms with Gasteiger partial charge < -0.3 is 15.8 Å². The van der Waals surface area contributed by atoms with Gasteiger partial charge in [0.15, 0.2) is 5.84 Å². The van der Waals surface area contributed by atoms with Crippen molar-refractivity contribution < 1.29 is 5.21 Å². The van der Waals surface area contributed by atoms with E-state index in [1.807, 2.05) is 23.7 Å². The highest BCUT2D eigenvalue weighted by molar-refractivity contribution is 7.98. The summed E-state index contributed by atoms with van der Waals surface area (Å²) in [5, 5.41) is 11.6. The Hall–Kier alpha value is -1.50. The number of thioether (sulfide) groups is 1. The molecule has 0 saturated carbocycles. The molecule has 1 heterocycles. The van der Waals surface area contributed by atoms with Crippen molar-refractivity contribution in [3.05, 3.63) is 18.0 Å². The van der Waals surface area contributed by atoms with Crippen molar-refractivity contribution in [2.45, 2.75) is 19.4 Å². The van der Waals surface area contributed by atoms with E-state index in [1.54, 1.807) is 12.3 Å². The third kappa shape index (κ3) is 3.76. The maximum absolute atomic E-state index is 8.63. The van der Waals surface area contributed by atoms with Gasteiger partial charge in [-0.25, -0.2) is 9.97 Å². The van der Waals surface area contributed by atoms with Crippen molar-refractivity contribution in [3.63, 3.8) is 0 Å². The van der Waals surface area contributed by atoms with Crippen LogP contribution in [-0.2, 0) is 0 Å². The molecule has 18 heavy (non-hydrogen) atoms. The van der Waals surface area contributed by atoms with Crippen molar-refractivity contribution in [1.29, 1.82) is 0 Å². The summed E-state index contributed by atoms with van der Waals surface area (Å²) >= 11 is 1.81. The van der Waals surface area contributed by atoms with Gasteiger partial charge >= 0.3 is 0 Å². The van der Waals surface area contributed by atoms with Gasteiger partial charge in [-0.15, -0.1) is 0 Å². The van der Waals surface area contributed by atoms with Gasteiger partial charge in [-0.3, -0.25) is 0 Å². The smallest absolute Gasteiger partial charge is 0.225 e. The standard InChI is InChI=1S/C11H19N5OS/c1-8(5-7-18-3)16(2)11-13-6-4-9(14-11)10(12)15-17/h4,6,8,17H,5,7H2,1-3H3,(H2,12,15). The maximum atomic E-state index is 8.63. The molecule has 0 aliphatic rings. The van der Waals surface area contributed by atoms with E-state index in [4.69, 9.17) is 10.9 Å². The molecule has 1 aromatic heterocycles. The first-order chi connectivity index (χ1) is 8.60. The Morgan fingerprint density at radius 3 is 3.00 bits per heavy atom. The molecule has 0 aliphatic carbocycles. The fourth-order valence-electron chi connectivity index (χ4n) is 1.39. The van der Waals surface area contributed by atoms with Gasteiger partial charge in [-0.05, 0) is 31.4 Å². The molecule has 1 rings (SSSR count). The Kier molecular flexibility index (Phi) is 5.70. The third-order valence-corrected chi connectivity index (χ3v) is 3.37. The van der Waals surface area contributed by atoms with E-state index < -0.39 is 0 Å². The van der Waals surface area contributed by atoms with E-state index in [2.05, 4.69) is 28.3 Å². The molecule has 0 bridgehead atoms. The summed E-state index contributed by atoms with van der Waals surface area (Å²) in [6.07, 6.45) is 4.74. The fraction of sp³-hybridized carbons (Fsp3) is 0.545. The summed E-state index contributed by atoms with van der Waals surface area (Å²) in [7, 11) is 1.94. The average molecular weight is 269 g/mol. The van der Waals surface area contributed by atoms with Crippen LogP contribution in [0.3, 0.4) is 0 Å². The van der Waals surface area contributed by atoms with Crippen molar-refractivity contribution in [1.82, 2.24) is 9.97 Å². The second-order valence-corrected chi connectivity index (χ2v) is 4.95. The predicted octanol–water partition coefficient (Wildman–Crippen LogP) is 1.15. The molecule has 0 spiro atoms. The van der Waals surface area contributed by atoms with Gasteiger partial charge in [0.1, 0.15) is 5.69 Å². The molecule has 1 aromatic rings. The second-order valence-electron chi connectivity index (χ2n) is 3.97. The summed E-state index contributed by atoms with van der Waals surface area (Å²) in [5.41, 5.74) is 5.93. The van der Waals surface area contributed by atoms with E-state index in [-0.39, 0.29) is 5.84 Å². The Morgan fingerprint density at radius 1 is 1.67 bits per heavy atom. The number of rotatable bonds is 6. The number of nitrogens with zero attached hydrogens (tertiary/aromatic N) is 4. The Bertz CT molecular complexity index is 412. The van der Waals surface area contributed by atoms with Crippen molar-refractivity contribution >= 4 is 23.5 Å². The summed E-state index contributed by atoms with van der Waals surface area (Å²) < 4.78 is 0. The van der Waals surface area contributed by atoms with Gasteiger partial charge in [-0.1, -0.05) is 5.16 Å². The van der Waals surface area contributed by atoms with Crippen LogP contribution in [0.2, 0.25) is 0 Å². The minimum absolute atomic E-state index is 0.0104. The van der Waals surface area contributed by atoms with E-state index in [0.717, 1.165) is 12.2 Å². The molecule has 0 amide bonds. The first-order valence-electron chi connectivity index (χ1n) is 5.62. The lowest BCUT2D eigenvalue weighted by molar-refractivity contribution is 0.318. The number of hydrogen-bond donors (Lipinski definition) is 2. The van der Waals surface area contributed by atoms with E-state index in [9.17, 15) is 0 Å². The number of hydrogen-bond acceptors (Lipinski definition) is 6. The van der Waals surface area contributed by atoms with E-state index in [0.29, 0.717) is 17.7 Å². The largest absolute Gasteiger partial charge is 0.409 e. The summed E-state index contributed by atoms with van der Waals surface area (Å²) in [5.74, 6) is 1.65. The van der Waals surface area contributed by atoms with Gasteiger partial charge in [0.25, 0.3) is 0 Å². The minimum Gasteiger partial charge on any atom is -0.409 e. The highest BCUT2D eigenvalue weighted by Crippen LogP contribution is 2.13. The zero-order chi connectivity index (χ0) is 13.5. The predicted molar refractivity (Wildman–Crippen MR) is 75.4 cm³/mol. The topological polar surface area (TPSA) is 87.6 Å². The van der Waals surface area contributed by atoms with Crippen LogP contribution in [0, 0.1) is 0 Å². The molecule has 1 unspecified atom stereocenters. The van der Waals surface area contributed by atoms with Crippen LogP contribution in [0.1, 0.15) is 19.0 Å². The lowest BCUT2D eigenvalue weighted by Crippen LogP contribution is -2.31. The normalized spacial score (nSPS) is 13.4. The van der Waals surface area contributed by atoms with Crippen LogP contribution in [0.25, 0.3) is 0 Å². The quantitative estimate of drug-likeness (QED) is 0.348. The molecule has 1 atom stereocenters. The molecular weight excluding hydrogens is 250 g/mol. The number of nitrogens with two attached hydrogens (primary N) is 1. The monoisotopic (exact) mass is 269 g/mol. The van der Waals surface area contributed by atoms with Crippen LogP contribution in [0.5, 0.6) is 0 Å². The lowest BCUT2D eigenvalue weighted by Gasteiger charge is -2.24. The number of oxime groups is 1. The fourth-order valence-corrected chi connectivity index (χ4v) is 1.97. The number of aromatic nitrogens is 2. The third-order valence-electron chi connectivity index (χ3n) is 2.73. The number of anilines is 1. The maximum Gasteiger partial charge on any atom is 0.225 e. The molecule has 7 heteroatoms. The van der Waals surface area contributed by atoms with Crippen LogP contribution >= 0.6 is 11.8 Å². The van der Waals surface area contributed by atoms with Crippen molar-refractivity contribution in [3.8, 4) is 0 Å². The molecule has 0 radical (unpaired) electrons. The molecule has 0 aromatic carbocycles. The van der Waals surface area contributed by atoms with E-state index in [1.165, 1.54) is 0 Å². The van der Waals surface area contributed by atoms with Gasteiger partial charge in [-0.2, -0.15) is 11.8 Å². The van der Waals surface area contributed by atoms with Gasteiger partial charge in [0, 0.05) is 19.3 Å². The highest BCUT2D eigenvalue weighted by atomic mass is 32.2. The first-order valence-corrected chi connectivity index (χ1v) is 7.02. The zero-order valence-electron chi connectivity index (χ0n) is 10.9. The summed E-state index contributed by atoms with van der Waals surface area (Å²) in [6, 6.07) is 1.94. The molecule has 100 valence electrons. The SMILES string of the molecule is CSCCC(C)N(C)c1nccc(/C(N)=N/O)n1. The first kappa shape index (κ1) is 14.6. The molecule has 0 aliphatic heterocycles. The summed E-state index contributed by atoms with van der Waals surface area (Å²) in [4.78, 5) is 10.5. The van der Waals surface area contributed by atoms with Crippen LogP contribution in [0.15, 0.2) is 17.4 Å². The molecular formula is C11H19N5OS. The lowest BCUT2D eigenvalue weighted by atomic mass is 10.2. The molecule has 3 N–H and O–H groups in total. The van der Waals surface area contributed by atoms with Crippen molar-refractivity contribution in [2.24, 2.45) is 10.9 Å². The van der Waals surface area contributed by atoms with Crippen LogP contribution in [-0.4, -0.2) is 46.1 Å². The highest BCUT2D eigenvalue weighted by Gasteiger charge is 2.13. The van der Waals surface area contributed by atoms with Gasteiger partial charge in [0.05, 0.1) is 0 Å².